The number of hydrogen-bond donors (Lipinski definition) is 1. The van der Waals surface area contributed by atoms with Crippen molar-refractivity contribution in [2.24, 2.45) is 0 Å². The summed E-state index contributed by atoms with van der Waals surface area (Å²) in [6, 6.07) is 9.79. The lowest BCUT2D eigenvalue weighted by Crippen LogP contribution is -2.30. The molecule has 4 rings (SSSR count). The third-order valence-electron chi connectivity index (χ3n) is 5.54. The highest BCUT2D eigenvalue weighted by Gasteiger charge is 2.21. The van der Waals surface area contributed by atoms with Gasteiger partial charge in [0.15, 0.2) is 0 Å². The number of benzene rings is 1. The van der Waals surface area contributed by atoms with Crippen LogP contribution in [0.25, 0.3) is 0 Å². The Balaban J connectivity index is 1.53. The zero-order valence-corrected chi connectivity index (χ0v) is 18.7. The van der Waals surface area contributed by atoms with Gasteiger partial charge in [0.2, 0.25) is 5.91 Å². The van der Waals surface area contributed by atoms with Gasteiger partial charge >= 0.3 is 5.69 Å². The maximum atomic E-state index is 12.9. The van der Waals surface area contributed by atoms with Gasteiger partial charge in [-0.15, -0.1) is 0 Å². The molecule has 1 aliphatic carbocycles. The molecule has 6 nitrogen and oxygen atoms in total. The van der Waals surface area contributed by atoms with Crippen molar-refractivity contribution in [3.05, 3.63) is 81.2 Å². The summed E-state index contributed by atoms with van der Waals surface area (Å²) in [4.78, 5) is 33.8. The molecule has 7 heteroatoms. The number of anilines is 1. The van der Waals surface area contributed by atoms with Crippen LogP contribution in [-0.2, 0) is 24.2 Å². The van der Waals surface area contributed by atoms with Crippen molar-refractivity contribution in [1.82, 2.24) is 14.5 Å². The Kier molecular flexibility index (Phi) is 6.51. The van der Waals surface area contributed by atoms with Crippen LogP contribution in [0.15, 0.2) is 52.5 Å². The monoisotopic (exact) mass is 434 g/mol. The van der Waals surface area contributed by atoms with Crippen molar-refractivity contribution < 1.29 is 4.79 Å². The standard InChI is InChI=1S/C24H26N4O2S/c1-16-7-8-20(17(2)13-16)26-22(29)15-31-23-19-5-3-4-6-21(19)28(24(30)27-23)14-18-9-11-25-12-10-18/h7-13H,3-6,14-15H2,1-2H3,(H,26,29). The van der Waals surface area contributed by atoms with Crippen LogP contribution in [0.1, 0.15) is 40.8 Å². The van der Waals surface area contributed by atoms with Gasteiger partial charge in [-0.25, -0.2) is 4.79 Å². The quantitative estimate of drug-likeness (QED) is 0.470. The van der Waals surface area contributed by atoms with Crippen LogP contribution in [0.2, 0.25) is 0 Å². The smallest absolute Gasteiger partial charge is 0.325 e. The van der Waals surface area contributed by atoms with Gasteiger partial charge in [0.25, 0.3) is 0 Å². The van der Waals surface area contributed by atoms with Crippen molar-refractivity contribution in [3.8, 4) is 0 Å². The molecule has 2 aromatic heterocycles. The second kappa shape index (κ2) is 9.47. The number of fused-ring (bicyclic) bond motifs is 1. The summed E-state index contributed by atoms with van der Waals surface area (Å²) in [7, 11) is 0. The van der Waals surface area contributed by atoms with Crippen LogP contribution in [0.3, 0.4) is 0 Å². The molecule has 1 amide bonds. The van der Waals surface area contributed by atoms with E-state index >= 15 is 0 Å². The molecule has 0 fully saturated rings. The third kappa shape index (κ3) is 5.05. The van der Waals surface area contributed by atoms with E-state index < -0.39 is 0 Å². The molecule has 2 heterocycles. The Morgan fingerprint density at radius 3 is 2.68 bits per heavy atom. The number of carbonyl (C=O) groups is 1. The first-order valence-corrected chi connectivity index (χ1v) is 11.5. The molecular weight excluding hydrogens is 408 g/mol. The number of hydrogen-bond acceptors (Lipinski definition) is 5. The summed E-state index contributed by atoms with van der Waals surface area (Å²) in [5.74, 6) is 0.130. The van der Waals surface area contributed by atoms with Gasteiger partial charge in [-0.05, 0) is 68.9 Å². The number of thioether (sulfide) groups is 1. The van der Waals surface area contributed by atoms with E-state index in [2.05, 4.69) is 15.3 Å². The van der Waals surface area contributed by atoms with E-state index in [-0.39, 0.29) is 17.3 Å². The first kappa shape index (κ1) is 21.3. The third-order valence-corrected chi connectivity index (χ3v) is 6.55. The summed E-state index contributed by atoms with van der Waals surface area (Å²) in [5, 5.41) is 3.67. The number of nitrogens with one attached hydrogen (secondary N) is 1. The van der Waals surface area contributed by atoms with Crippen LogP contribution in [0.4, 0.5) is 5.69 Å². The fourth-order valence-corrected chi connectivity index (χ4v) is 4.85. The van der Waals surface area contributed by atoms with E-state index in [1.807, 2.05) is 44.2 Å². The topological polar surface area (TPSA) is 76.9 Å². The maximum absolute atomic E-state index is 12.9. The Bertz CT molecular complexity index is 1160. The van der Waals surface area contributed by atoms with E-state index in [9.17, 15) is 9.59 Å². The molecule has 0 atom stereocenters. The molecule has 1 N–H and O–H groups in total. The average molecular weight is 435 g/mol. The molecule has 0 spiro atoms. The number of pyridine rings is 1. The lowest BCUT2D eigenvalue weighted by atomic mass is 9.97. The molecule has 0 saturated carbocycles. The molecule has 1 aliphatic rings. The minimum absolute atomic E-state index is 0.0933. The Hall–Kier alpha value is -2.93. The highest BCUT2D eigenvalue weighted by atomic mass is 32.2. The minimum Gasteiger partial charge on any atom is -0.325 e. The lowest BCUT2D eigenvalue weighted by molar-refractivity contribution is -0.113. The second-order valence-corrected chi connectivity index (χ2v) is 8.89. The Morgan fingerprint density at radius 1 is 1.13 bits per heavy atom. The van der Waals surface area contributed by atoms with Gasteiger partial charge in [-0.2, -0.15) is 4.98 Å². The van der Waals surface area contributed by atoms with Crippen LogP contribution in [0.5, 0.6) is 0 Å². The molecule has 31 heavy (non-hydrogen) atoms. The van der Waals surface area contributed by atoms with Crippen LogP contribution < -0.4 is 11.0 Å². The van der Waals surface area contributed by atoms with Gasteiger partial charge in [-0.3, -0.25) is 14.3 Å². The first-order chi connectivity index (χ1) is 15.0. The van der Waals surface area contributed by atoms with E-state index in [0.29, 0.717) is 11.6 Å². The Labute approximate surface area is 186 Å². The molecule has 160 valence electrons. The van der Waals surface area contributed by atoms with Crippen LogP contribution in [-0.4, -0.2) is 26.2 Å². The number of aromatic nitrogens is 3. The second-order valence-electron chi connectivity index (χ2n) is 7.93. The van der Waals surface area contributed by atoms with Gasteiger partial charge in [-0.1, -0.05) is 29.5 Å². The average Bonchev–Trinajstić information content (AvgIpc) is 2.77. The zero-order valence-electron chi connectivity index (χ0n) is 17.9. The van der Waals surface area contributed by atoms with Crippen molar-refractivity contribution >= 4 is 23.4 Å². The van der Waals surface area contributed by atoms with E-state index in [1.165, 1.54) is 11.8 Å². The molecule has 0 saturated heterocycles. The maximum Gasteiger partial charge on any atom is 0.349 e. The Morgan fingerprint density at radius 2 is 1.90 bits per heavy atom. The molecule has 1 aromatic carbocycles. The number of aryl methyl sites for hydroxylation is 2. The molecule has 0 unspecified atom stereocenters. The van der Waals surface area contributed by atoms with Gasteiger partial charge in [0, 0.05) is 29.3 Å². The van der Waals surface area contributed by atoms with E-state index in [0.717, 1.165) is 59.3 Å². The molecular formula is C24H26N4O2S. The summed E-state index contributed by atoms with van der Waals surface area (Å²) >= 11 is 1.35. The van der Waals surface area contributed by atoms with Crippen molar-refractivity contribution in [2.45, 2.75) is 51.1 Å². The number of carbonyl (C=O) groups excluding carboxylic acids is 1. The molecule has 0 bridgehead atoms. The largest absolute Gasteiger partial charge is 0.349 e. The molecule has 0 aliphatic heterocycles. The SMILES string of the molecule is Cc1ccc(NC(=O)CSc2nc(=O)n(Cc3ccncc3)c3c2CCCC3)c(C)c1. The highest BCUT2D eigenvalue weighted by Crippen LogP contribution is 2.29. The summed E-state index contributed by atoms with van der Waals surface area (Å²) in [5.41, 5.74) is 5.96. The van der Waals surface area contributed by atoms with Crippen LogP contribution in [0, 0.1) is 13.8 Å². The highest BCUT2D eigenvalue weighted by molar-refractivity contribution is 8.00. The predicted octanol–water partition coefficient (Wildman–Crippen LogP) is 3.91. The summed E-state index contributed by atoms with van der Waals surface area (Å²) < 4.78 is 1.78. The van der Waals surface area contributed by atoms with E-state index in [1.54, 1.807) is 17.0 Å². The normalized spacial score (nSPS) is 13.0. The lowest BCUT2D eigenvalue weighted by Gasteiger charge is -2.22. The first-order valence-electron chi connectivity index (χ1n) is 10.5. The zero-order chi connectivity index (χ0) is 21.8. The fraction of sp³-hybridized carbons (Fsp3) is 0.333. The van der Waals surface area contributed by atoms with Gasteiger partial charge < -0.3 is 5.32 Å². The van der Waals surface area contributed by atoms with Crippen molar-refractivity contribution in [1.29, 1.82) is 0 Å². The molecule has 0 radical (unpaired) electrons. The van der Waals surface area contributed by atoms with Crippen molar-refractivity contribution in [3.63, 3.8) is 0 Å². The van der Waals surface area contributed by atoms with E-state index in [4.69, 9.17) is 0 Å². The van der Waals surface area contributed by atoms with Crippen molar-refractivity contribution in [2.75, 3.05) is 11.1 Å². The molecule has 3 aromatic rings. The van der Waals surface area contributed by atoms with Gasteiger partial charge in [0.05, 0.1) is 12.3 Å². The summed E-state index contributed by atoms with van der Waals surface area (Å²) in [6.45, 7) is 4.51. The van der Waals surface area contributed by atoms with Crippen LogP contribution >= 0.6 is 11.8 Å². The van der Waals surface area contributed by atoms with Gasteiger partial charge in [0.1, 0.15) is 5.03 Å². The number of nitrogens with zero attached hydrogens (tertiary/aromatic N) is 3. The summed E-state index contributed by atoms with van der Waals surface area (Å²) in [6.07, 6.45) is 7.35. The number of amides is 1. The fourth-order valence-electron chi connectivity index (χ4n) is 3.98. The predicted molar refractivity (Wildman–Crippen MR) is 124 cm³/mol. The number of rotatable bonds is 6. The minimum atomic E-state index is -0.255.